The van der Waals surface area contributed by atoms with Gasteiger partial charge in [-0.25, -0.2) is 9.97 Å². The third kappa shape index (κ3) is 3.46. The van der Waals surface area contributed by atoms with Crippen molar-refractivity contribution in [1.82, 2.24) is 19.1 Å². The Hall–Kier alpha value is -3.52. The Bertz CT molecular complexity index is 1480. The molecule has 5 aromatic rings. The topological polar surface area (TPSA) is 52.7 Å². The maximum atomic E-state index is 13.9. The molecule has 0 amide bonds. The van der Waals surface area contributed by atoms with Crippen LogP contribution in [0.15, 0.2) is 88.8 Å². The Morgan fingerprint density at radius 1 is 0.844 bits per heavy atom. The molecule has 0 aliphatic rings. The van der Waals surface area contributed by atoms with Crippen molar-refractivity contribution in [2.75, 3.05) is 0 Å². The number of hydrogen-bond acceptors (Lipinski definition) is 4. The molecule has 0 N–H and O–H groups in total. The Balaban J connectivity index is 1.67. The lowest BCUT2D eigenvalue weighted by molar-refractivity contribution is 0.0715. The number of thioether (sulfide) groups is 1. The van der Waals surface area contributed by atoms with Crippen LogP contribution >= 0.6 is 11.8 Å². The van der Waals surface area contributed by atoms with Crippen LogP contribution in [0.3, 0.4) is 0 Å². The fourth-order valence-electron chi connectivity index (χ4n) is 3.76. The molecule has 2 aromatic heterocycles. The molecule has 0 aliphatic carbocycles. The summed E-state index contributed by atoms with van der Waals surface area (Å²) < 4.78 is 30.4. The molecule has 32 heavy (non-hydrogen) atoms. The molecule has 0 fully saturated rings. The Labute approximate surface area is 186 Å². The standard InChI is InChI=1S/C24H18F2N4OS/c1-15(21-27-19-13-7-8-14-20(19)30(21)23(25)26)32-24-28-18-12-6-5-11-17(18)22(31)29(24)16-9-3-2-4-10-16/h2-15,23H,1H3/t15-/m0/s1. The minimum atomic E-state index is -2.73. The maximum Gasteiger partial charge on any atom is 0.320 e. The largest absolute Gasteiger partial charge is 0.320 e. The lowest BCUT2D eigenvalue weighted by atomic mass is 10.2. The molecule has 2 heterocycles. The van der Waals surface area contributed by atoms with Crippen LogP contribution in [-0.2, 0) is 0 Å². The first-order valence-corrected chi connectivity index (χ1v) is 10.9. The normalized spacial score (nSPS) is 12.6. The van der Waals surface area contributed by atoms with E-state index in [9.17, 15) is 13.6 Å². The molecule has 0 aliphatic heterocycles. The number of para-hydroxylation sites is 4. The van der Waals surface area contributed by atoms with Gasteiger partial charge in [0.15, 0.2) is 5.16 Å². The smallest absolute Gasteiger partial charge is 0.269 e. The quantitative estimate of drug-likeness (QED) is 0.245. The van der Waals surface area contributed by atoms with Gasteiger partial charge in [0.1, 0.15) is 5.82 Å². The molecule has 160 valence electrons. The van der Waals surface area contributed by atoms with Crippen LogP contribution < -0.4 is 5.56 Å². The summed E-state index contributed by atoms with van der Waals surface area (Å²) in [5.74, 6) is 0.230. The van der Waals surface area contributed by atoms with Crippen molar-refractivity contribution in [1.29, 1.82) is 0 Å². The predicted molar refractivity (Wildman–Crippen MR) is 123 cm³/mol. The van der Waals surface area contributed by atoms with Crippen molar-refractivity contribution in [2.24, 2.45) is 0 Å². The molecule has 5 nitrogen and oxygen atoms in total. The molecular formula is C24H18F2N4OS. The number of fused-ring (bicyclic) bond motifs is 2. The fraction of sp³-hybridized carbons (Fsp3) is 0.125. The highest BCUT2D eigenvalue weighted by Gasteiger charge is 2.24. The second-order valence-corrected chi connectivity index (χ2v) is 8.56. The van der Waals surface area contributed by atoms with Crippen molar-refractivity contribution in [3.8, 4) is 5.69 Å². The summed E-state index contributed by atoms with van der Waals surface area (Å²) in [5, 5.41) is 0.424. The second kappa shape index (κ2) is 8.20. The number of aromatic nitrogens is 4. The van der Waals surface area contributed by atoms with Gasteiger partial charge in [-0.1, -0.05) is 54.2 Å². The monoisotopic (exact) mass is 448 g/mol. The average Bonchev–Trinajstić information content (AvgIpc) is 3.20. The highest BCUT2D eigenvalue weighted by Crippen LogP contribution is 2.37. The van der Waals surface area contributed by atoms with Crippen molar-refractivity contribution >= 4 is 33.7 Å². The van der Waals surface area contributed by atoms with E-state index >= 15 is 0 Å². The van der Waals surface area contributed by atoms with E-state index in [4.69, 9.17) is 4.98 Å². The van der Waals surface area contributed by atoms with E-state index in [1.54, 1.807) is 49.4 Å². The van der Waals surface area contributed by atoms with Gasteiger partial charge in [-0.2, -0.15) is 8.78 Å². The van der Waals surface area contributed by atoms with Crippen LogP contribution in [0.1, 0.15) is 24.5 Å². The summed E-state index contributed by atoms with van der Waals surface area (Å²) in [6, 6.07) is 23.1. The van der Waals surface area contributed by atoms with Crippen molar-refractivity contribution in [2.45, 2.75) is 23.9 Å². The number of imidazole rings is 1. The van der Waals surface area contributed by atoms with Gasteiger partial charge in [-0.15, -0.1) is 0 Å². The summed E-state index contributed by atoms with van der Waals surface area (Å²) in [4.78, 5) is 22.5. The van der Waals surface area contributed by atoms with E-state index in [1.165, 1.54) is 16.3 Å². The van der Waals surface area contributed by atoms with Gasteiger partial charge in [-0.3, -0.25) is 13.9 Å². The van der Waals surface area contributed by atoms with Crippen LogP contribution in [0.5, 0.6) is 0 Å². The molecule has 0 saturated heterocycles. The van der Waals surface area contributed by atoms with Crippen molar-refractivity contribution in [3.63, 3.8) is 0 Å². The zero-order valence-electron chi connectivity index (χ0n) is 17.0. The summed E-state index contributed by atoms with van der Waals surface area (Å²) in [5.41, 5.74) is 1.88. The molecule has 0 radical (unpaired) electrons. The first-order chi connectivity index (χ1) is 15.5. The summed E-state index contributed by atoms with van der Waals surface area (Å²) in [7, 11) is 0. The van der Waals surface area contributed by atoms with Crippen LogP contribution in [-0.4, -0.2) is 19.1 Å². The minimum Gasteiger partial charge on any atom is -0.269 e. The summed E-state index contributed by atoms with van der Waals surface area (Å²) in [6.07, 6.45) is 0. The Kier molecular flexibility index (Phi) is 5.22. The van der Waals surface area contributed by atoms with E-state index in [-0.39, 0.29) is 11.4 Å². The van der Waals surface area contributed by atoms with Crippen LogP contribution in [0.4, 0.5) is 8.78 Å². The highest BCUT2D eigenvalue weighted by atomic mass is 32.2. The van der Waals surface area contributed by atoms with E-state index in [0.717, 1.165) is 4.57 Å². The third-order valence-corrected chi connectivity index (χ3v) is 6.27. The SMILES string of the molecule is C[C@H](Sc1nc2ccccc2c(=O)n1-c1ccccc1)c1nc2ccccc2n1C(F)F. The van der Waals surface area contributed by atoms with Crippen molar-refractivity contribution in [3.05, 3.63) is 95.0 Å². The van der Waals surface area contributed by atoms with Gasteiger partial charge < -0.3 is 0 Å². The highest BCUT2D eigenvalue weighted by molar-refractivity contribution is 7.99. The molecular weight excluding hydrogens is 430 g/mol. The molecule has 8 heteroatoms. The summed E-state index contributed by atoms with van der Waals surface area (Å²) in [6.45, 7) is -0.942. The third-order valence-electron chi connectivity index (χ3n) is 5.22. The average molecular weight is 448 g/mol. The fourth-order valence-corrected chi connectivity index (χ4v) is 4.79. The van der Waals surface area contributed by atoms with Crippen LogP contribution in [0, 0.1) is 0 Å². The van der Waals surface area contributed by atoms with E-state index in [1.807, 2.05) is 36.4 Å². The van der Waals surface area contributed by atoms with Crippen molar-refractivity contribution < 1.29 is 8.78 Å². The second-order valence-electron chi connectivity index (χ2n) is 7.25. The van der Waals surface area contributed by atoms with Crippen LogP contribution in [0.2, 0.25) is 0 Å². The Morgan fingerprint density at radius 2 is 1.50 bits per heavy atom. The van der Waals surface area contributed by atoms with Crippen LogP contribution in [0.25, 0.3) is 27.6 Å². The number of benzene rings is 3. The minimum absolute atomic E-state index is 0.209. The molecule has 1 atom stereocenters. The lowest BCUT2D eigenvalue weighted by Crippen LogP contribution is -2.22. The molecule has 0 spiro atoms. The zero-order valence-corrected chi connectivity index (χ0v) is 17.8. The van der Waals surface area contributed by atoms with E-state index < -0.39 is 11.8 Å². The van der Waals surface area contributed by atoms with E-state index in [2.05, 4.69) is 4.98 Å². The van der Waals surface area contributed by atoms with Gasteiger partial charge in [-0.05, 0) is 43.3 Å². The van der Waals surface area contributed by atoms with Gasteiger partial charge in [0.2, 0.25) is 0 Å². The number of nitrogens with zero attached hydrogens (tertiary/aromatic N) is 4. The molecule has 0 saturated carbocycles. The van der Waals surface area contributed by atoms with Gasteiger partial charge in [0.25, 0.3) is 5.56 Å². The molecule has 3 aromatic carbocycles. The number of halogens is 2. The zero-order chi connectivity index (χ0) is 22.2. The maximum absolute atomic E-state index is 13.9. The predicted octanol–water partition coefficient (Wildman–Crippen LogP) is 5.98. The van der Waals surface area contributed by atoms with Gasteiger partial charge in [0.05, 0.1) is 32.9 Å². The molecule has 0 unspecified atom stereocenters. The summed E-state index contributed by atoms with van der Waals surface area (Å²) >= 11 is 1.23. The Morgan fingerprint density at radius 3 is 2.25 bits per heavy atom. The number of hydrogen-bond donors (Lipinski definition) is 0. The van der Waals surface area contributed by atoms with Gasteiger partial charge >= 0.3 is 6.55 Å². The van der Waals surface area contributed by atoms with E-state index in [0.29, 0.717) is 32.8 Å². The lowest BCUT2D eigenvalue weighted by Gasteiger charge is -2.17. The first-order valence-electron chi connectivity index (χ1n) is 10.0. The first kappa shape index (κ1) is 20.4. The molecule has 0 bridgehead atoms. The number of rotatable bonds is 5. The molecule has 5 rings (SSSR count). The number of alkyl halides is 2. The van der Waals surface area contributed by atoms with Gasteiger partial charge in [0, 0.05) is 0 Å².